The van der Waals surface area contributed by atoms with Crippen LogP contribution >= 0.6 is 0 Å². The predicted octanol–water partition coefficient (Wildman–Crippen LogP) is 6.00. The van der Waals surface area contributed by atoms with E-state index in [1.54, 1.807) is 11.1 Å². The van der Waals surface area contributed by atoms with Crippen molar-refractivity contribution in [3.05, 3.63) is 60.0 Å². The Labute approximate surface area is 254 Å². The molecule has 0 amide bonds. The molecule has 6 rings (SSSR count). The van der Waals surface area contributed by atoms with Gasteiger partial charge in [0, 0.05) is 31.0 Å². The van der Waals surface area contributed by atoms with Crippen molar-refractivity contribution in [2.24, 2.45) is 34.5 Å². The highest BCUT2D eigenvalue weighted by Crippen LogP contribution is 2.66. The molecule has 0 bridgehead atoms. The summed E-state index contributed by atoms with van der Waals surface area (Å²) in [5.74, 6) is -0.108. The third-order valence-electron chi connectivity index (χ3n) is 11.3. The number of rotatable bonds is 5. The van der Waals surface area contributed by atoms with Gasteiger partial charge >= 0.3 is 17.9 Å². The summed E-state index contributed by atoms with van der Waals surface area (Å²) < 4.78 is 6.13. The van der Waals surface area contributed by atoms with Crippen molar-refractivity contribution < 1.29 is 29.3 Å². The number of aromatic nitrogens is 1. The van der Waals surface area contributed by atoms with E-state index in [4.69, 9.17) is 14.9 Å². The molecule has 4 aliphatic carbocycles. The highest BCUT2D eigenvalue weighted by Gasteiger charge is 2.57. The number of nitrogens with zero attached hydrogens (tertiary/aromatic N) is 2. The lowest BCUT2D eigenvalue weighted by Crippen LogP contribution is -2.50. The van der Waals surface area contributed by atoms with E-state index in [-0.39, 0.29) is 28.8 Å². The lowest BCUT2D eigenvalue weighted by atomic mass is 9.47. The lowest BCUT2D eigenvalue weighted by Gasteiger charge is -2.58. The molecule has 2 N–H and O–H groups in total. The minimum atomic E-state index is -1.26. The van der Waals surface area contributed by atoms with E-state index >= 15 is 0 Å². The van der Waals surface area contributed by atoms with Gasteiger partial charge in [-0.3, -0.25) is 9.78 Å². The third kappa shape index (κ3) is 6.49. The first-order chi connectivity index (χ1) is 20.5. The van der Waals surface area contributed by atoms with Gasteiger partial charge < -0.3 is 19.8 Å². The van der Waals surface area contributed by atoms with Crippen LogP contribution in [0.3, 0.4) is 0 Å². The van der Waals surface area contributed by atoms with Crippen molar-refractivity contribution in [3.8, 4) is 0 Å². The number of hydrogen-bond donors (Lipinski definition) is 2. The monoisotopic (exact) mass is 590 g/mol. The summed E-state index contributed by atoms with van der Waals surface area (Å²) in [6, 6.07) is 4.32. The van der Waals surface area contributed by atoms with Gasteiger partial charge in [0.1, 0.15) is 6.10 Å². The number of piperidine rings is 1. The first-order valence-electron chi connectivity index (χ1n) is 15.8. The van der Waals surface area contributed by atoms with Crippen LogP contribution in [0.15, 0.2) is 54.4 Å². The molecule has 2 heterocycles. The zero-order valence-corrected chi connectivity index (χ0v) is 25.7. The smallest absolute Gasteiger partial charge is 0.328 e. The van der Waals surface area contributed by atoms with Gasteiger partial charge in [0.25, 0.3) is 0 Å². The average molecular weight is 591 g/mol. The predicted molar refractivity (Wildman–Crippen MR) is 164 cm³/mol. The minimum absolute atomic E-state index is 0.0642. The summed E-state index contributed by atoms with van der Waals surface area (Å²) in [6.07, 6.45) is 20.3. The lowest BCUT2D eigenvalue weighted by molar-refractivity contribution is -0.158. The number of carbonyl (C=O) groups excluding carboxylic acids is 1. The van der Waals surface area contributed by atoms with Crippen molar-refractivity contribution in [1.82, 2.24) is 9.88 Å². The fourth-order valence-electron chi connectivity index (χ4n) is 8.91. The topological polar surface area (TPSA) is 117 Å². The van der Waals surface area contributed by atoms with Crippen LogP contribution in [0.5, 0.6) is 0 Å². The molecule has 8 heteroatoms. The van der Waals surface area contributed by atoms with Crippen molar-refractivity contribution in [2.75, 3.05) is 20.1 Å². The molecule has 1 aliphatic heterocycles. The van der Waals surface area contributed by atoms with E-state index in [9.17, 15) is 14.4 Å². The molecule has 0 radical (unpaired) electrons. The summed E-state index contributed by atoms with van der Waals surface area (Å²) in [6.45, 7) is 7.08. The Morgan fingerprint density at radius 3 is 2.30 bits per heavy atom. The van der Waals surface area contributed by atoms with Crippen LogP contribution in [0.2, 0.25) is 0 Å². The number of carbonyl (C=O) groups is 3. The molecule has 43 heavy (non-hydrogen) atoms. The zero-order chi connectivity index (χ0) is 30.8. The Balaban J connectivity index is 0.000000407. The van der Waals surface area contributed by atoms with Gasteiger partial charge in [-0.15, -0.1) is 0 Å². The maximum Gasteiger partial charge on any atom is 0.328 e. The molecule has 5 aliphatic rings. The number of ether oxygens (including phenoxy) is 1. The van der Waals surface area contributed by atoms with Crippen LogP contribution in [-0.2, 0) is 19.1 Å². The molecule has 1 aromatic rings. The Hall–Kier alpha value is -3.26. The highest BCUT2D eigenvalue weighted by atomic mass is 16.5. The minimum Gasteiger partial charge on any atom is -0.478 e. The third-order valence-corrected chi connectivity index (χ3v) is 11.3. The first kappa shape index (κ1) is 31.2. The van der Waals surface area contributed by atoms with Gasteiger partial charge in [-0.25, -0.2) is 9.59 Å². The zero-order valence-electron chi connectivity index (χ0n) is 25.7. The molecule has 2 saturated carbocycles. The standard InChI is InChI=1S/C31H42N2O2.C4H4O4/c1-30-14-10-24(35-29(34)21-12-17-33(3)18-13-21)19-23(30)6-7-25-27-9-8-26(22-5-4-16-32-20-22)31(27,2)15-11-28(25)30;5-3(6)1-2-4(7)8/h4-6,8,16,20-21,24-25,27-28H,7,9-15,17-19H2,1-3H3;1-2H,(H,5,6)(H,7,8)/b;2-1-/t24-,25-,27-,28-,30-,31+;/m0./s1. The molecule has 0 unspecified atom stereocenters. The summed E-state index contributed by atoms with van der Waals surface area (Å²) in [5.41, 5.74) is 5.00. The van der Waals surface area contributed by atoms with Crippen molar-refractivity contribution in [3.63, 3.8) is 0 Å². The first-order valence-corrected chi connectivity index (χ1v) is 15.8. The number of hydrogen-bond acceptors (Lipinski definition) is 6. The Bertz CT molecular complexity index is 1280. The van der Waals surface area contributed by atoms with E-state index in [2.05, 4.69) is 61.3 Å². The fourth-order valence-corrected chi connectivity index (χ4v) is 8.91. The Morgan fingerprint density at radius 1 is 0.953 bits per heavy atom. The summed E-state index contributed by atoms with van der Waals surface area (Å²) in [5, 5.41) is 15.6. The normalized spacial score (nSPS) is 34.0. The number of carboxylic acid groups (broad SMARTS) is 2. The molecular weight excluding hydrogens is 544 g/mol. The molecular formula is C35H46N2O6. The van der Waals surface area contributed by atoms with Gasteiger partial charge in [-0.1, -0.05) is 37.6 Å². The van der Waals surface area contributed by atoms with E-state index < -0.39 is 11.9 Å². The number of likely N-dealkylation sites (tertiary alicyclic amines) is 1. The van der Waals surface area contributed by atoms with E-state index in [0.717, 1.165) is 62.9 Å². The van der Waals surface area contributed by atoms with Crippen LogP contribution in [0.1, 0.15) is 77.2 Å². The Kier molecular flexibility index (Phi) is 9.26. The van der Waals surface area contributed by atoms with Gasteiger partial charge in [0.15, 0.2) is 0 Å². The molecule has 6 atom stereocenters. The van der Waals surface area contributed by atoms with Crippen LogP contribution in [0.25, 0.3) is 5.57 Å². The number of esters is 1. The van der Waals surface area contributed by atoms with Crippen LogP contribution in [-0.4, -0.2) is 64.2 Å². The summed E-state index contributed by atoms with van der Waals surface area (Å²) in [4.78, 5) is 38.7. The molecule has 1 aromatic heterocycles. The number of fused-ring (bicyclic) bond motifs is 5. The number of pyridine rings is 1. The largest absolute Gasteiger partial charge is 0.478 e. The molecule has 0 spiro atoms. The maximum atomic E-state index is 12.9. The fraction of sp³-hybridized carbons (Fsp3) is 0.600. The van der Waals surface area contributed by atoms with Crippen molar-refractivity contribution in [1.29, 1.82) is 0 Å². The quantitative estimate of drug-likeness (QED) is 0.244. The molecule has 3 fully saturated rings. The molecule has 232 valence electrons. The SMILES string of the molecule is CN1CCC(C(=O)O[C@H]2CC[C@@]3(C)C(=CC[C@@H]4[C@@H]3CC[C@]3(C)C(c5cccnc5)=CC[C@@H]43)C2)CC1.O=C(O)/C=C\C(=O)O. The average Bonchev–Trinajstić information content (AvgIpc) is 3.34. The molecule has 1 saturated heterocycles. The van der Waals surface area contributed by atoms with Crippen molar-refractivity contribution in [2.45, 2.75) is 77.7 Å². The van der Waals surface area contributed by atoms with Crippen LogP contribution in [0, 0.1) is 34.5 Å². The van der Waals surface area contributed by atoms with Crippen LogP contribution in [0.4, 0.5) is 0 Å². The Morgan fingerprint density at radius 2 is 1.65 bits per heavy atom. The van der Waals surface area contributed by atoms with Crippen molar-refractivity contribution >= 4 is 23.5 Å². The number of allylic oxidation sites excluding steroid dienone is 3. The van der Waals surface area contributed by atoms with Crippen LogP contribution < -0.4 is 0 Å². The molecule has 0 aromatic carbocycles. The number of aliphatic carboxylic acids is 2. The maximum absolute atomic E-state index is 12.9. The highest BCUT2D eigenvalue weighted by molar-refractivity contribution is 5.89. The second kappa shape index (κ2) is 12.8. The van der Waals surface area contributed by atoms with E-state index in [0.29, 0.717) is 12.2 Å². The van der Waals surface area contributed by atoms with Gasteiger partial charge in [-0.2, -0.15) is 0 Å². The van der Waals surface area contributed by atoms with Gasteiger partial charge in [0.2, 0.25) is 0 Å². The van der Waals surface area contributed by atoms with Gasteiger partial charge in [-0.05, 0) is 117 Å². The summed E-state index contributed by atoms with van der Waals surface area (Å²) >= 11 is 0. The molecule has 8 nitrogen and oxygen atoms in total. The number of carboxylic acids is 2. The second-order valence-corrected chi connectivity index (χ2v) is 13.7. The van der Waals surface area contributed by atoms with Gasteiger partial charge in [0.05, 0.1) is 5.92 Å². The van der Waals surface area contributed by atoms with E-state index in [1.807, 2.05) is 6.20 Å². The second-order valence-electron chi connectivity index (χ2n) is 13.7. The summed E-state index contributed by atoms with van der Waals surface area (Å²) in [7, 11) is 2.14. The van der Waals surface area contributed by atoms with E-state index in [1.165, 1.54) is 31.2 Å².